The number of carbonyl (C=O) groups excluding carboxylic acids is 1. The number of nitriles is 1. The van der Waals surface area contributed by atoms with Crippen molar-refractivity contribution in [3.63, 3.8) is 0 Å². The molecule has 102 valence electrons. The molecular weight excluding hydrogens is 254 g/mol. The van der Waals surface area contributed by atoms with Gasteiger partial charge in [0, 0.05) is 25.8 Å². The van der Waals surface area contributed by atoms with Crippen molar-refractivity contribution >= 4 is 5.91 Å². The summed E-state index contributed by atoms with van der Waals surface area (Å²) in [6.07, 6.45) is -1.07. The van der Waals surface area contributed by atoms with Crippen molar-refractivity contribution in [1.29, 1.82) is 5.26 Å². The third kappa shape index (κ3) is 2.90. The number of carbonyl (C=O) groups is 1. The Balaban J connectivity index is 2.19. The topological polar surface area (TPSA) is 61.1 Å². The summed E-state index contributed by atoms with van der Waals surface area (Å²) in [6, 6.07) is 4.54. The van der Waals surface area contributed by atoms with Crippen LogP contribution >= 0.6 is 0 Å². The predicted molar refractivity (Wildman–Crippen MR) is 63.7 cm³/mol. The fraction of sp³-hybridized carbons (Fsp3) is 0.500. The molecule has 0 saturated carbocycles. The minimum absolute atomic E-state index is 0.197. The number of amides is 1. The lowest BCUT2D eigenvalue weighted by Crippen LogP contribution is -2.53. The van der Waals surface area contributed by atoms with Gasteiger partial charge >= 0.3 is 0 Å². The molecular formula is C12H14F2N4O. The van der Waals surface area contributed by atoms with Gasteiger partial charge in [0.15, 0.2) is 0 Å². The lowest BCUT2D eigenvalue weighted by molar-refractivity contribution is 0.0667. The molecule has 19 heavy (non-hydrogen) atoms. The molecule has 0 radical (unpaired) electrons. The SMILES string of the molecule is N#CC1CNCCN1C(=O)c1cccn1CC(F)F. The van der Waals surface area contributed by atoms with Crippen molar-refractivity contribution in [3.05, 3.63) is 24.0 Å². The summed E-state index contributed by atoms with van der Waals surface area (Å²) in [5.41, 5.74) is 0.197. The van der Waals surface area contributed by atoms with Crippen molar-refractivity contribution in [2.75, 3.05) is 19.6 Å². The number of alkyl halides is 2. The summed E-state index contributed by atoms with van der Waals surface area (Å²) in [4.78, 5) is 13.7. The number of hydrogen-bond acceptors (Lipinski definition) is 3. The molecule has 1 fully saturated rings. The van der Waals surface area contributed by atoms with E-state index in [1.807, 2.05) is 6.07 Å². The van der Waals surface area contributed by atoms with Gasteiger partial charge < -0.3 is 14.8 Å². The Morgan fingerprint density at radius 3 is 3.11 bits per heavy atom. The minimum atomic E-state index is -2.52. The highest BCUT2D eigenvalue weighted by molar-refractivity contribution is 5.93. The maximum Gasteiger partial charge on any atom is 0.271 e. The molecule has 0 spiro atoms. The van der Waals surface area contributed by atoms with E-state index in [0.717, 1.165) is 0 Å². The second-order valence-electron chi connectivity index (χ2n) is 4.28. The van der Waals surface area contributed by atoms with Gasteiger partial charge in [0.1, 0.15) is 11.7 Å². The molecule has 1 unspecified atom stereocenters. The molecule has 1 N–H and O–H groups in total. The van der Waals surface area contributed by atoms with E-state index in [-0.39, 0.29) is 11.6 Å². The quantitative estimate of drug-likeness (QED) is 0.877. The molecule has 0 aliphatic carbocycles. The van der Waals surface area contributed by atoms with Gasteiger partial charge in [0.25, 0.3) is 12.3 Å². The normalized spacial score (nSPS) is 19.5. The zero-order valence-electron chi connectivity index (χ0n) is 10.2. The van der Waals surface area contributed by atoms with E-state index in [0.29, 0.717) is 19.6 Å². The van der Waals surface area contributed by atoms with Crippen LogP contribution in [0.25, 0.3) is 0 Å². The fourth-order valence-corrected chi connectivity index (χ4v) is 2.13. The zero-order chi connectivity index (χ0) is 13.8. The van der Waals surface area contributed by atoms with Crippen LogP contribution in [0.3, 0.4) is 0 Å². The van der Waals surface area contributed by atoms with E-state index in [1.54, 1.807) is 6.07 Å². The third-order valence-electron chi connectivity index (χ3n) is 3.04. The molecule has 5 nitrogen and oxygen atoms in total. The second kappa shape index (κ2) is 5.80. The van der Waals surface area contributed by atoms with Gasteiger partial charge in [-0.3, -0.25) is 4.79 Å². The van der Waals surface area contributed by atoms with Crippen molar-refractivity contribution < 1.29 is 13.6 Å². The first-order valence-electron chi connectivity index (χ1n) is 5.98. The standard InChI is InChI=1S/C12H14F2N4O/c13-11(14)8-17-4-1-2-10(17)12(19)18-5-3-16-7-9(18)6-15/h1-2,4,9,11,16H,3,5,7-8H2. The molecule has 1 saturated heterocycles. The molecule has 1 aliphatic rings. The van der Waals surface area contributed by atoms with E-state index in [1.165, 1.54) is 21.7 Å². The largest absolute Gasteiger partial charge is 0.338 e. The Morgan fingerprint density at radius 1 is 1.63 bits per heavy atom. The highest BCUT2D eigenvalue weighted by Crippen LogP contribution is 2.13. The van der Waals surface area contributed by atoms with Gasteiger partial charge in [-0.2, -0.15) is 5.26 Å². The van der Waals surface area contributed by atoms with Crippen molar-refractivity contribution in [3.8, 4) is 6.07 Å². The van der Waals surface area contributed by atoms with Crippen molar-refractivity contribution in [1.82, 2.24) is 14.8 Å². The van der Waals surface area contributed by atoms with Gasteiger partial charge in [0.2, 0.25) is 0 Å². The third-order valence-corrected chi connectivity index (χ3v) is 3.04. The molecule has 1 aromatic heterocycles. The molecule has 1 aromatic rings. The van der Waals surface area contributed by atoms with Gasteiger partial charge in [-0.05, 0) is 12.1 Å². The van der Waals surface area contributed by atoms with Crippen LogP contribution in [0.4, 0.5) is 8.78 Å². The van der Waals surface area contributed by atoms with E-state index in [2.05, 4.69) is 5.32 Å². The molecule has 2 heterocycles. The van der Waals surface area contributed by atoms with Crippen LogP contribution in [-0.2, 0) is 6.54 Å². The first-order chi connectivity index (χ1) is 9.13. The van der Waals surface area contributed by atoms with Gasteiger partial charge in [-0.25, -0.2) is 8.78 Å². The highest BCUT2D eigenvalue weighted by Gasteiger charge is 2.28. The summed E-state index contributed by atoms with van der Waals surface area (Å²) in [5.74, 6) is -0.376. The molecule has 1 aliphatic heterocycles. The Hall–Kier alpha value is -1.94. The molecule has 0 bridgehead atoms. The van der Waals surface area contributed by atoms with Crippen molar-refractivity contribution in [2.24, 2.45) is 0 Å². The first kappa shape index (κ1) is 13.5. The average molecular weight is 268 g/mol. The maximum absolute atomic E-state index is 12.4. The number of rotatable bonds is 3. The molecule has 0 aromatic carbocycles. The second-order valence-corrected chi connectivity index (χ2v) is 4.28. The number of halogens is 2. The number of nitrogens with zero attached hydrogens (tertiary/aromatic N) is 3. The fourth-order valence-electron chi connectivity index (χ4n) is 2.13. The van der Waals surface area contributed by atoms with Crippen LogP contribution < -0.4 is 5.32 Å². The Bertz CT molecular complexity index is 494. The van der Waals surface area contributed by atoms with E-state index in [4.69, 9.17) is 5.26 Å². The number of piperazine rings is 1. The maximum atomic E-state index is 12.4. The van der Waals surface area contributed by atoms with E-state index >= 15 is 0 Å². The molecule has 1 atom stereocenters. The van der Waals surface area contributed by atoms with Gasteiger partial charge in [-0.15, -0.1) is 0 Å². The lowest BCUT2D eigenvalue weighted by Gasteiger charge is -2.32. The van der Waals surface area contributed by atoms with Crippen molar-refractivity contribution in [2.45, 2.75) is 19.0 Å². The summed E-state index contributed by atoms with van der Waals surface area (Å²) in [5, 5.41) is 12.0. The van der Waals surface area contributed by atoms with E-state index in [9.17, 15) is 13.6 Å². The number of hydrogen-bond donors (Lipinski definition) is 1. The minimum Gasteiger partial charge on any atom is -0.338 e. The first-order valence-corrected chi connectivity index (χ1v) is 5.98. The smallest absolute Gasteiger partial charge is 0.271 e. The van der Waals surface area contributed by atoms with Crippen LogP contribution in [-0.4, -0.2) is 47.5 Å². The number of nitrogens with one attached hydrogen (secondary N) is 1. The summed E-state index contributed by atoms with van der Waals surface area (Å²) >= 11 is 0. The van der Waals surface area contributed by atoms with Gasteiger partial charge in [0.05, 0.1) is 12.6 Å². The zero-order valence-corrected chi connectivity index (χ0v) is 10.2. The molecule has 7 heteroatoms. The van der Waals surface area contributed by atoms with Crippen LogP contribution in [0.5, 0.6) is 0 Å². The van der Waals surface area contributed by atoms with E-state index < -0.39 is 19.0 Å². The van der Waals surface area contributed by atoms with Crippen LogP contribution in [0, 0.1) is 11.3 Å². The predicted octanol–water partition coefficient (Wildman–Crippen LogP) is 0.691. The summed E-state index contributed by atoms with van der Waals surface area (Å²) < 4.78 is 26.1. The molecule has 1 amide bonds. The lowest BCUT2D eigenvalue weighted by atomic mass is 10.2. The Kier molecular flexibility index (Phi) is 4.12. The van der Waals surface area contributed by atoms with Gasteiger partial charge in [-0.1, -0.05) is 0 Å². The number of aromatic nitrogens is 1. The Labute approximate surface area is 109 Å². The summed E-state index contributed by atoms with van der Waals surface area (Å²) in [7, 11) is 0. The molecule has 2 rings (SSSR count). The average Bonchev–Trinajstić information content (AvgIpc) is 2.85. The highest BCUT2D eigenvalue weighted by atomic mass is 19.3. The van der Waals surface area contributed by atoms with Crippen LogP contribution in [0.2, 0.25) is 0 Å². The van der Waals surface area contributed by atoms with Crippen LogP contribution in [0.15, 0.2) is 18.3 Å². The monoisotopic (exact) mass is 268 g/mol. The summed E-state index contributed by atoms with van der Waals surface area (Å²) in [6.45, 7) is 0.881. The van der Waals surface area contributed by atoms with Crippen LogP contribution in [0.1, 0.15) is 10.5 Å². The Morgan fingerprint density at radius 2 is 2.42 bits per heavy atom.